The predicted octanol–water partition coefficient (Wildman–Crippen LogP) is 7.11. The Hall–Kier alpha value is -1.91. The molecule has 0 saturated heterocycles. The first-order valence-electron chi connectivity index (χ1n) is 10.3. The van der Waals surface area contributed by atoms with Crippen molar-refractivity contribution in [2.75, 3.05) is 10.7 Å². The lowest BCUT2D eigenvalue weighted by Crippen LogP contribution is -2.42. The zero-order chi connectivity index (χ0) is 23.2. The van der Waals surface area contributed by atoms with Crippen LogP contribution in [-0.4, -0.2) is 11.5 Å². The molecular formula is C24H23Cl2N3OS2. The van der Waals surface area contributed by atoms with Crippen molar-refractivity contribution >= 4 is 57.8 Å². The van der Waals surface area contributed by atoms with Crippen LogP contribution < -0.4 is 10.6 Å². The van der Waals surface area contributed by atoms with Crippen molar-refractivity contribution in [2.24, 2.45) is 11.1 Å². The smallest absolute Gasteiger partial charge is 0.162 e. The van der Waals surface area contributed by atoms with Gasteiger partial charge in [-0.1, -0.05) is 44.0 Å². The Morgan fingerprint density at radius 3 is 2.69 bits per heavy atom. The van der Waals surface area contributed by atoms with Gasteiger partial charge in [0.1, 0.15) is 5.82 Å². The molecule has 8 heteroatoms. The van der Waals surface area contributed by atoms with Gasteiger partial charge in [-0.3, -0.25) is 9.69 Å². The third-order valence-corrected chi connectivity index (χ3v) is 8.68. The van der Waals surface area contributed by atoms with Gasteiger partial charge in [0.05, 0.1) is 31.8 Å². The second-order valence-corrected chi connectivity index (χ2v) is 11.9. The highest BCUT2D eigenvalue weighted by atomic mass is 35.5. The van der Waals surface area contributed by atoms with Crippen LogP contribution in [0.4, 0.5) is 5.69 Å². The number of nitrogens with zero attached hydrogens (tertiary/aromatic N) is 2. The standard InChI is InChI=1S/C24H23Cl2N3OS2/c1-4-31-23-14(7-8-32-23)20-15(12-27)22(28)29(13-5-6-16(25)17(26)9-13)18-10-24(2,3)11-19(30)21(18)20/h5-9,20H,4,10-11,28H2,1-3H3/t20-/m0/s1. The molecule has 1 atom stereocenters. The molecule has 166 valence electrons. The van der Waals surface area contributed by atoms with Gasteiger partial charge in [0.15, 0.2) is 5.78 Å². The number of ketones is 1. The number of carbonyl (C=O) groups is 1. The zero-order valence-corrected chi connectivity index (χ0v) is 21.2. The Labute approximate surface area is 206 Å². The summed E-state index contributed by atoms with van der Waals surface area (Å²) in [5.41, 5.74) is 10.0. The lowest BCUT2D eigenvalue weighted by Gasteiger charge is -2.43. The van der Waals surface area contributed by atoms with Crippen molar-refractivity contribution in [1.29, 1.82) is 5.26 Å². The van der Waals surface area contributed by atoms with Gasteiger partial charge in [0.25, 0.3) is 0 Å². The van der Waals surface area contributed by atoms with E-state index in [0.717, 1.165) is 21.2 Å². The number of nitrogens with two attached hydrogens (primary N) is 1. The number of Topliss-reactive ketones (excluding diaryl/α,β-unsaturated/α-hetero) is 1. The van der Waals surface area contributed by atoms with E-state index in [9.17, 15) is 10.1 Å². The molecule has 0 amide bonds. The second-order valence-electron chi connectivity index (χ2n) is 8.68. The maximum atomic E-state index is 13.6. The SMILES string of the molecule is CCSc1sccc1[C@H]1C(C#N)=C(N)N(c2ccc(Cl)c(Cl)c2)C2=C1C(=O)CC(C)(C)C2. The van der Waals surface area contributed by atoms with E-state index < -0.39 is 5.92 Å². The number of allylic oxidation sites excluding steroid dienone is 3. The number of thioether (sulfide) groups is 1. The van der Waals surface area contributed by atoms with E-state index in [1.54, 1.807) is 35.2 Å². The van der Waals surface area contributed by atoms with Gasteiger partial charge in [-0.2, -0.15) is 5.26 Å². The van der Waals surface area contributed by atoms with E-state index in [1.165, 1.54) is 0 Å². The molecule has 1 aliphatic heterocycles. The number of thiophene rings is 1. The van der Waals surface area contributed by atoms with Gasteiger partial charge >= 0.3 is 0 Å². The first-order chi connectivity index (χ1) is 15.2. The summed E-state index contributed by atoms with van der Waals surface area (Å²) in [5, 5.41) is 13.0. The molecule has 2 heterocycles. The molecule has 0 fully saturated rings. The van der Waals surface area contributed by atoms with Crippen LogP contribution in [0.2, 0.25) is 10.0 Å². The van der Waals surface area contributed by atoms with E-state index in [2.05, 4.69) is 26.8 Å². The zero-order valence-electron chi connectivity index (χ0n) is 18.0. The fourth-order valence-corrected chi connectivity index (χ4v) is 6.87. The van der Waals surface area contributed by atoms with Gasteiger partial charge in [-0.15, -0.1) is 23.1 Å². The molecule has 2 aliphatic rings. The van der Waals surface area contributed by atoms with Crippen LogP contribution in [0, 0.1) is 16.7 Å². The molecule has 4 rings (SSSR count). The van der Waals surface area contributed by atoms with Crippen molar-refractivity contribution in [2.45, 2.75) is 43.7 Å². The van der Waals surface area contributed by atoms with Crippen molar-refractivity contribution in [3.8, 4) is 6.07 Å². The molecule has 1 aromatic heterocycles. The number of nitriles is 1. The summed E-state index contributed by atoms with van der Waals surface area (Å²) in [7, 11) is 0. The molecule has 32 heavy (non-hydrogen) atoms. The number of hydrogen-bond donors (Lipinski definition) is 1. The summed E-state index contributed by atoms with van der Waals surface area (Å²) in [6.45, 7) is 6.26. The van der Waals surface area contributed by atoms with Crippen molar-refractivity contribution in [1.82, 2.24) is 0 Å². The number of anilines is 1. The third kappa shape index (κ3) is 3.97. The molecule has 4 nitrogen and oxygen atoms in total. The molecule has 1 aromatic carbocycles. The Kier molecular flexibility index (Phi) is 6.39. The van der Waals surface area contributed by atoms with Gasteiger partial charge < -0.3 is 5.73 Å². The number of carbonyl (C=O) groups excluding carboxylic acids is 1. The molecule has 0 unspecified atom stereocenters. The van der Waals surface area contributed by atoms with Gasteiger partial charge in [-0.05, 0) is 52.8 Å². The van der Waals surface area contributed by atoms with Crippen molar-refractivity contribution in [3.63, 3.8) is 0 Å². The summed E-state index contributed by atoms with van der Waals surface area (Å²) in [6, 6.07) is 9.59. The third-order valence-electron chi connectivity index (χ3n) is 5.79. The van der Waals surface area contributed by atoms with Crippen LogP contribution >= 0.6 is 46.3 Å². The molecule has 0 bridgehead atoms. The average Bonchev–Trinajstić information content (AvgIpc) is 3.17. The van der Waals surface area contributed by atoms with E-state index >= 15 is 0 Å². The maximum absolute atomic E-state index is 13.6. The van der Waals surface area contributed by atoms with Gasteiger partial charge in [0.2, 0.25) is 0 Å². The normalized spacial score (nSPS) is 20.4. The van der Waals surface area contributed by atoms with Crippen LogP contribution in [0.25, 0.3) is 0 Å². The second kappa shape index (κ2) is 8.79. The lowest BCUT2D eigenvalue weighted by atomic mass is 9.69. The van der Waals surface area contributed by atoms with Crippen LogP contribution in [0.3, 0.4) is 0 Å². The predicted molar refractivity (Wildman–Crippen MR) is 134 cm³/mol. The quantitative estimate of drug-likeness (QED) is 0.450. The van der Waals surface area contributed by atoms with Crippen molar-refractivity contribution in [3.05, 3.63) is 67.9 Å². The van der Waals surface area contributed by atoms with Gasteiger partial charge in [-0.25, -0.2) is 0 Å². The summed E-state index contributed by atoms with van der Waals surface area (Å²) < 4.78 is 1.12. The highest BCUT2D eigenvalue weighted by molar-refractivity contribution is 8.01. The van der Waals surface area contributed by atoms with Crippen LogP contribution in [-0.2, 0) is 4.79 Å². The summed E-state index contributed by atoms with van der Waals surface area (Å²) >= 11 is 15.8. The summed E-state index contributed by atoms with van der Waals surface area (Å²) in [6.07, 6.45) is 1.08. The monoisotopic (exact) mass is 503 g/mol. The summed E-state index contributed by atoms with van der Waals surface area (Å²) in [4.78, 5) is 15.4. The van der Waals surface area contributed by atoms with Crippen LogP contribution in [0.15, 0.2) is 56.5 Å². The Bertz CT molecular complexity index is 1210. The minimum absolute atomic E-state index is 0.0604. The number of halogens is 2. The number of hydrogen-bond acceptors (Lipinski definition) is 6. The largest absolute Gasteiger partial charge is 0.384 e. The fourth-order valence-electron chi connectivity index (χ4n) is 4.51. The minimum atomic E-state index is -0.460. The van der Waals surface area contributed by atoms with Crippen LogP contribution in [0.1, 0.15) is 45.1 Å². The van der Waals surface area contributed by atoms with Gasteiger partial charge in [0, 0.05) is 23.4 Å². The molecule has 0 spiro atoms. The molecular weight excluding hydrogens is 481 g/mol. The maximum Gasteiger partial charge on any atom is 0.162 e. The van der Waals surface area contributed by atoms with Crippen LogP contribution in [0.5, 0.6) is 0 Å². The molecule has 2 aromatic rings. The number of benzene rings is 1. The van der Waals surface area contributed by atoms with E-state index in [4.69, 9.17) is 28.9 Å². The van der Waals surface area contributed by atoms with E-state index in [1.807, 2.05) is 22.4 Å². The van der Waals surface area contributed by atoms with E-state index in [-0.39, 0.29) is 11.2 Å². The Morgan fingerprint density at radius 2 is 2.03 bits per heavy atom. The van der Waals surface area contributed by atoms with E-state index in [0.29, 0.717) is 45.5 Å². The molecule has 2 N–H and O–H groups in total. The first-order valence-corrected chi connectivity index (χ1v) is 12.9. The number of rotatable bonds is 4. The molecule has 0 saturated carbocycles. The Balaban J connectivity index is 2.00. The summed E-state index contributed by atoms with van der Waals surface area (Å²) in [5.74, 6) is 0.839. The lowest BCUT2D eigenvalue weighted by molar-refractivity contribution is -0.118. The first kappa shape index (κ1) is 23.3. The van der Waals surface area contributed by atoms with Crippen molar-refractivity contribution < 1.29 is 4.79 Å². The molecule has 0 radical (unpaired) electrons. The minimum Gasteiger partial charge on any atom is -0.384 e. The highest BCUT2D eigenvalue weighted by Gasteiger charge is 2.45. The molecule has 1 aliphatic carbocycles. The highest BCUT2D eigenvalue weighted by Crippen LogP contribution is 2.52. The average molecular weight is 505 g/mol. The fraction of sp³-hybridized carbons (Fsp3) is 0.333. The Morgan fingerprint density at radius 1 is 1.28 bits per heavy atom. The topological polar surface area (TPSA) is 70.1 Å².